The summed E-state index contributed by atoms with van der Waals surface area (Å²) in [6.45, 7) is 3.72. The SMILES string of the molecule is Cc1cccc(CCC(=O)NC[C@H]2CCCN2c2cccnn2)c1. The van der Waals surface area contributed by atoms with Gasteiger partial charge in [0, 0.05) is 31.7 Å². The quantitative estimate of drug-likeness (QED) is 0.887. The maximum absolute atomic E-state index is 12.1. The van der Waals surface area contributed by atoms with Crippen LogP contribution in [0.1, 0.15) is 30.4 Å². The topological polar surface area (TPSA) is 58.1 Å². The van der Waals surface area contributed by atoms with Crippen molar-refractivity contribution in [3.63, 3.8) is 0 Å². The van der Waals surface area contributed by atoms with Gasteiger partial charge in [0.25, 0.3) is 0 Å². The second-order valence-corrected chi connectivity index (χ2v) is 6.36. The molecule has 1 fully saturated rings. The summed E-state index contributed by atoms with van der Waals surface area (Å²) in [5, 5.41) is 11.2. The van der Waals surface area contributed by atoms with Crippen molar-refractivity contribution in [3.05, 3.63) is 53.7 Å². The van der Waals surface area contributed by atoms with E-state index in [9.17, 15) is 4.79 Å². The number of amides is 1. The fraction of sp³-hybridized carbons (Fsp3) is 0.421. The average molecular weight is 324 g/mol. The van der Waals surface area contributed by atoms with Gasteiger partial charge >= 0.3 is 0 Å². The number of aromatic nitrogens is 2. The molecule has 5 heteroatoms. The molecule has 1 saturated heterocycles. The summed E-state index contributed by atoms with van der Waals surface area (Å²) in [5.74, 6) is 1.01. The Balaban J connectivity index is 1.47. The zero-order valence-corrected chi connectivity index (χ0v) is 14.1. The molecule has 0 spiro atoms. The maximum atomic E-state index is 12.1. The molecule has 1 atom stereocenters. The Morgan fingerprint density at radius 1 is 1.33 bits per heavy atom. The van der Waals surface area contributed by atoms with E-state index in [0.29, 0.717) is 19.0 Å². The van der Waals surface area contributed by atoms with E-state index >= 15 is 0 Å². The van der Waals surface area contributed by atoms with Gasteiger partial charge in [0.1, 0.15) is 0 Å². The summed E-state index contributed by atoms with van der Waals surface area (Å²) in [5.41, 5.74) is 2.45. The van der Waals surface area contributed by atoms with Crippen LogP contribution in [0, 0.1) is 6.92 Å². The Morgan fingerprint density at radius 2 is 2.25 bits per heavy atom. The molecule has 1 N–H and O–H groups in total. The second kappa shape index (κ2) is 7.90. The van der Waals surface area contributed by atoms with E-state index in [2.05, 4.69) is 45.5 Å². The van der Waals surface area contributed by atoms with Gasteiger partial charge in [0.15, 0.2) is 5.82 Å². The minimum absolute atomic E-state index is 0.113. The van der Waals surface area contributed by atoms with Crippen molar-refractivity contribution in [2.75, 3.05) is 18.0 Å². The molecule has 0 saturated carbocycles. The lowest BCUT2D eigenvalue weighted by Crippen LogP contribution is -2.40. The predicted molar refractivity (Wildman–Crippen MR) is 94.9 cm³/mol. The van der Waals surface area contributed by atoms with E-state index in [1.54, 1.807) is 6.20 Å². The third kappa shape index (κ3) is 4.31. The summed E-state index contributed by atoms with van der Waals surface area (Å²) < 4.78 is 0. The highest BCUT2D eigenvalue weighted by Gasteiger charge is 2.25. The molecule has 1 aliphatic heterocycles. The van der Waals surface area contributed by atoms with Gasteiger partial charge in [-0.1, -0.05) is 29.8 Å². The number of nitrogens with one attached hydrogen (secondary N) is 1. The highest BCUT2D eigenvalue weighted by Crippen LogP contribution is 2.22. The molecule has 1 aromatic heterocycles. The molecule has 1 amide bonds. The molecule has 0 bridgehead atoms. The highest BCUT2D eigenvalue weighted by molar-refractivity contribution is 5.76. The van der Waals surface area contributed by atoms with Gasteiger partial charge in [-0.05, 0) is 43.9 Å². The van der Waals surface area contributed by atoms with Crippen LogP contribution >= 0.6 is 0 Å². The average Bonchev–Trinajstić information content (AvgIpc) is 3.07. The molecule has 0 radical (unpaired) electrons. The summed E-state index contributed by atoms with van der Waals surface area (Å²) >= 11 is 0. The lowest BCUT2D eigenvalue weighted by Gasteiger charge is -2.25. The first kappa shape index (κ1) is 16.4. The summed E-state index contributed by atoms with van der Waals surface area (Å²) in [7, 11) is 0. The zero-order chi connectivity index (χ0) is 16.8. The number of carbonyl (C=O) groups is 1. The summed E-state index contributed by atoms with van der Waals surface area (Å²) in [4.78, 5) is 14.4. The number of hydrogen-bond acceptors (Lipinski definition) is 4. The smallest absolute Gasteiger partial charge is 0.220 e. The summed E-state index contributed by atoms with van der Waals surface area (Å²) in [6.07, 6.45) is 5.20. The van der Waals surface area contributed by atoms with Gasteiger partial charge in [-0.25, -0.2) is 0 Å². The molecule has 5 nitrogen and oxygen atoms in total. The first-order valence-electron chi connectivity index (χ1n) is 8.59. The van der Waals surface area contributed by atoms with E-state index in [4.69, 9.17) is 0 Å². The lowest BCUT2D eigenvalue weighted by atomic mass is 10.1. The van der Waals surface area contributed by atoms with Crippen molar-refractivity contribution < 1.29 is 4.79 Å². The first-order valence-corrected chi connectivity index (χ1v) is 8.59. The van der Waals surface area contributed by atoms with Crippen molar-refractivity contribution in [1.82, 2.24) is 15.5 Å². The normalized spacial score (nSPS) is 17.0. The number of rotatable bonds is 6. The van der Waals surface area contributed by atoms with Crippen molar-refractivity contribution in [3.8, 4) is 0 Å². The summed E-state index contributed by atoms with van der Waals surface area (Å²) in [6, 6.07) is 12.5. The third-order valence-corrected chi connectivity index (χ3v) is 4.49. The Kier molecular flexibility index (Phi) is 5.41. The van der Waals surface area contributed by atoms with Gasteiger partial charge in [-0.3, -0.25) is 4.79 Å². The van der Waals surface area contributed by atoms with Crippen LogP contribution < -0.4 is 10.2 Å². The second-order valence-electron chi connectivity index (χ2n) is 6.36. The van der Waals surface area contributed by atoms with E-state index in [1.807, 2.05) is 18.2 Å². The number of anilines is 1. The Bertz CT molecular complexity index is 674. The number of benzene rings is 1. The highest BCUT2D eigenvalue weighted by atomic mass is 16.1. The van der Waals surface area contributed by atoms with Gasteiger partial charge in [-0.15, -0.1) is 5.10 Å². The van der Waals surface area contributed by atoms with Crippen LogP contribution in [0.3, 0.4) is 0 Å². The largest absolute Gasteiger partial charge is 0.354 e. The van der Waals surface area contributed by atoms with Gasteiger partial charge in [-0.2, -0.15) is 5.10 Å². The molecule has 126 valence electrons. The standard InChI is InChI=1S/C19H24N4O/c1-15-5-2-6-16(13-15)9-10-19(24)20-14-17-7-4-12-23(17)18-8-3-11-21-22-18/h2-3,5-6,8,11,13,17H,4,7,9-10,12,14H2,1H3,(H,20,24)/t17-/m1/s1. The Labute approximate surface area is 143 Å². The van der Waals surface area contributed by atoms with Gasteiger partial charge in [0.05, 0.1) is 0 Å². The van der Waals surface area contributed by atoms with E-state index in [1.165, 1.54) is 11.1 Å². The molecule has 2 heterocycles. The Hall–Kier alpha value is -2.43. The van der Waals surface area contributed by atoms with Crippen molar-refractivity contribution in [2.45, 2.75) is 38.6 Å². The first-order chi connectivity index (χ1) is 11.7. The van der Waals surface area contributed by atoms with Crippen molar-refractivity contribution in [2.24, 2.45) is 0 Å². The van der Waals surface area contributed by atoms with Crippen molar-refractivity contribution >= 4 is 11.7 Å². The lowest BCUT2D eigenvalue weighted by molar-refractivity contribution is -0.121. The third-order valence-electron chi connectivity index (χ3n) is 4.49. The van der Waals surface area contributed by atoms with Crippen molar-refractivity contribution in [1.29, 1.82) is 0 Å². The van der Waals surface area contributed by atoms with Crippen LogP contribution in [0.15, 0.2) is 42.6 Å². The van der Waals surface area contributed by atoms with Crippen LogP contribution in [0.2, 0.25) is 0 Å². The predicted octanol–water partition coefficient (Wildman–Crippen LogP) is 2.50. The zero-order valence-electron chi connectivity index (χ0n) is 14.1. The van der Waals surface area contributed by atoms with Gasteiger partial charge in [0.2, 0.25) is 5.91 Å². The van der Waals surface area contributed by atoms with E-state index in [-0.39, 0.29) is 5.91 Å². The van der Waals surface area contributed by atoms with Crippen LogP contribution in [-0.2, 0) is 11.2 Å². The molecule has 3 rings (SSSR count). The van der Waals surface area contributed by atoms with E-state index < -0.39 is 0 Å². The molecule has 0 unspecified atom stereocenters. The van der Waals surface area contributed by atoms with Crippen LogP contribution in [0.5, 0.6) is 0 Å². The fourth-order valence-corrected chi connectivity index (χ4v) is 3.24. The molecule has 1 aliphatic rings. The molecular formula is C19H24N4O. The molecule has 0 aliphatic carbocycles. The molecule has 1 aromatic carbocycles. The number of nitrogens with zero attached hydrogens (tertiary/aromatic N) is 3. The fourth-order valence-electron chi connectivity index (χ4n) is 3.24. The van der Waals surface area contributed by atoms with Crippen LogP contribution in [0.4, 0.5) is 5.82 Å². The number of aryl methyl sites for hydroxylation is 2. The monoisotopic (exact) mass is 324 g/mol. The molecular weight excluding hydrogens is 300 g/mol. The van der Waals surface area contributed by atoms with Gasteiger partial charge < -0.3 is 10.2 Å². The maximum Gasteiger partial charge on any atom is 0.220 e. The number of hydrogen-bond donors (Lipinski definition) is 1. The molecule has 24 heavy (non-hydrogen) atoms. The minimum atomic E-state index is 0.113. The number of carbonyl (C=O) groups excluding carboxylic acids is 1. The minimum Gasteiger partial charge on any atom is -0.354 e. The van der Waals surface area contributed by atoms with Crippen LogP contribution in [-0.4, -0.2) is 35.2 Å². The Morgan fingerprint density at radius 3 is 3.04 bits per heavy atom. The van der Waals surface area contributed by atoms with Crippen LogP contribution in [0.25, 0.3) is 0 Å². The molecule has 2 aromatic rings. The van der Waals surface area contributed by atoms with E-state index in [0.717, 1.165) is 31.6 Å².